The molecule has 0 fully saturated rings. The predicted molar refractivity (Wildman–Crippen MR) is 96.6 cm³/mol. The maximum Gasteiger partial charge on any atom is 0.0769 e. The monoisotopic (exact) mass is 321 g/mol. The highest BCUT2D eigenvalue weighted by molar-refractivity contribution is 7.99. The molecular weight excluding hydrogens is 306 g/mol. The van der Waals surface area contributed by atoms with Gasteiger partial charge in [-0.2, -0.15) is 0 Å². The quantitative estimate of drug-likeness (QED) is 0.555. The summed E-state index contributed by atoms with van der Waals surface area (Å²) < 4.78 is 0. The molecule has 1 atom stereocenters. The fourth-order valence-electron chi connectivity index (χ4n) is 2.66. The summed E-state index contributed by atoms with van der Waals surface area (Å²) in [6, 6.07) is 23.4. The molecule has 108 valence electrons. The average molecular weight is 321 g/mol. The molecule has 0 saturated heterocycles. The van der Waals surface area contributed by atoms with Gasteiger partial charge in [0.25, 0.3) is 0 Å². The molecule has 0 N–H and O–H groups in total. The van der Waals surface area contributed by atoms with Gasteiger partial charge in [-0.25, -0.2) is 0 Å². The first-order valence-electron chi connectivity index (χ1n) is 7.32. The van der Waals surface area contributed by atoms with Gasteiger partial charge in [0, 0.05) is 27.2 Å². The van der Waals surface area contributed by atoms with E-state index in [-0.39, 0.29) is 0 Å². The Hall–Kier alpha value is -1.84. The third-order valence-corrected chi connectivity index (χ3v) is 6.18. The minimum atomic E-state index is 0.433. The Morgan fingerprint density at radius 3 is 2.50 bits per heavy atom. The van der Waals surface area contributed by atoms with E-state index in [4.69, 9.17) is 4.99 Å². The van der Waals surface area contributed by atoms with E-state index >= 15 is 0 Å². The van der Waals surface area contributed by atoms with Gasteiger partial charge in [0.2, 0.25) is 0 Å². The van der Waals surface area contributed by atoms with E-state index in [0.717, 1.165) is 12.1 Å². The summed E-state index contributed by atoms with van der Waals surface area (Å²) in [5.74, 6) is 0. The fraction of sp³-hybridized carbons (Fsp3) is 0.105. The Balaban J connectivity index is 1.81. The average Bonchev–Trinajstić information content (AvgIpc) is 3.03. The van der Waals surface area contributed by atoms with Crippen molar-refractivity contribution < 1.29 is 0 Å². The number of para-hydroxylation sites is 1. The summed E-state index contributed by atoms with van der Waals surface area (Å²) in [5, 5.41) is 2.59. The number of fused-ring (bicyclic) bond motifs is 1. The highest BCUT2D eigenvalue weighted by Gasteiger charge is 2.22. The molecule has 0 unspecified atom stereocenters. The second-order valence-corrected chi connectivity index (χ2v) is 7.44. The van der Waals surface area contributed by atoms with Gasteiger partial charge in [-0.15, -0.1) is 23.1 Å². The number of aliphatic imine (C=N–C) groups is 1. The Morgan fingerprint density at radius 2 is 1.68 bits per heavy atom. The standard InChI is InChI=1S/C19H15NS2/c1-2-7-14(8-3-1)16-13-19(18-11-6-12-21-18)22-17-10-5-4-9-15(17)20-16/h1-12,19H,13H2/t19-/m1/s1. The van der Waals surface area contributed by atoms with Crippen LogP contribution < -0.4 is 0 Å². The fourth-order valence-corrected chi connectivity index (χ4v) is 4.81. The lowest BCUT2D eigenvalue weighted by atomic mass is 10.0. The van der Waals surface area contributed by atoms with Gasteiger partial charge >= 0.3 is 0 Å². The Labute approximate surface area is 138 Å². The lowest BCUT2D eigenvalue weighted by molar-refractivity contribution is 1.04. The van der Waals surface area contributed by atoms with Crippen molar-refractivity contribution in [3.8, 4) is 0 Å². The molecular formula is C19H15NS2. The molecule has 2 aromatic carbocycles. The van der Waals surface area contributed by atoms with Gasteiger partial charge in [-0.05, 0) is 29.1 Å². The van der Waals surface area contributed by atoms with Crippen molar-refractivity contribution >= 4 is 34.5 Å². The van der Waals surface area contributed by atoms with Crippen LogP contribution >= 0.6 is 23.1 Å². The topological polar surface area (TPSA) is 12.4 Å². The van der Waals surface area contributed by atoms with Crippen molar-refractivity contribution in [2.45, 2.75) is 16.6 Å². The molecule has 2 heterocycles. The van der Waals surface area contributed by atoms with Gasteiger partial charge in [0.15, 0.2) is 0 Å². The van der Waals surface area contributed by atoms with E-state index in [1.54, 1.807) is 0 Å². The molecule has 0 saturated carbocycles. The van der Waals surface area contributed by atoms with Crippen LogP contribution in [0.4, 0.5) is 5.69 Å². The molecule has 3 aromatic rings. The first kappa shape index (κ1) is 13.8. The van der Waals surface area contributed by atoms with E-state index in [9.17, 15) is 0 Å². The third-order valence-electron chi connectivity index (χ3n) is 3.74. The first-order chi connectivity index (χ1) is 10.9. The van der Waals surface area contributed by atoms with Gasteiger partial charge in [0.1, 0.15) is 0 Å². The summed E-state index contributed by atoms with van der Waals surface area (Å²) in [4.78, 5) is 7.66. The summed E-state index contributed by atoms with van der Waals surface area (Å²) in [6.07, 6.45) is 0.962. The number of nitrogens with zero attached hydrogens (tertiary/aromatic N) is 1. The number of rotatable bonds is 2. The van der Waals surface area contributed by atoms with Crippen LogP contribution in [0.3, 0.4) is 0 Å². The highest BCUT2D eigenvalue weighted by atomic mass is 32.2. The lowest BCUT2D eigenvalue weighted by Crippen LogP contribution is -2.04. The van der Waals surface area contributed by atoms with Gasteiger partial charge in [-0.1, -0.05) is 48.5 Å². The van der Waals surface area contributed by atoms with Crippen molar-refractivity contribution in [3.63, 3.8) is 0 Å². The molecule has 1 nitrogen and oxygen atoms in total. The summed E-state index contributed by atoms with van der Waals surface area (Å²) in [6.45, 7) is 0. The highest BCUT2D eigenvalue weighted by Crippen LogP contribution is 2.46. The third kappa shape index (κ3) is 2.74. The van der Waals surface area contributed by atoms with Crippen LogP contribution in [-0.2, 0) is 0 Å². The molecule has 1 aliphatic rings. The normalized spacial score (nSPS) is 17.5. The largest absolute Gasteiger partial charge is 0.252 e. The zero-order chi connectivity index (χ0) is 14.8. The van der Waals surface area contributed by atoms with Crippen LogP contribution in [0.2, 0.25) is 0 Å². The zero-order valence-electron chi connectivity index (χ0n) is 12.0. The molecule has 0 amide bonds. The van der Waals surface area contributed by atoms with Crippen LogP contribution in [0, 0.1) is 0 Å². The SMILES string of the molecule is c1ccc(C2=Nc3ccccc3S[C@@H](c3cccs3)C2)cc1. The van der Waals surface area contributed by atoms with E-state index in [2.05, 4.69) is 72.1 Å². The Kier molecular flexibility index (Phi) is 3.83. The molecule has 22 heavy (non-hydrogen) atoms. The van der Waals surface area contributed by atoms with E-state index in [1.807, 2.05) is 23.1 Å². The number of thioether (sulfide) groups is 1. The van der Waals surface area contributed by atoms with Crippen LogP contribution in [0.15, 0.2) is 82.0 Å². The maximum absolute atomic E-state index is 4.97. The minimum Gasteiger partial charge on any atom is -0.252 e. The van der Waals surface area contributed by atoms with Crippen molar-refractivity contribution in [3.05, 3.63) is 82.6 Å². The summed E-state index contributed by atoms with van der Waals surface area (Å²) in [7, 11) is 0. The molecule has 0 aliphatic carbocycles. The van der Waals surface area contributed by atoms with E-state index in [1.165, 1.54) is 21.0 Å². The van der Waals surface area contributed by atoms with E-state index in [0.29, 0.717) is 5.25 Å². The second kappa shape index (κ2) is 6.11. The summed E-state index contributed by atoms with van der Waals surface area (Å²) >= 11 is 3.76. The number of hydrogen-bond donors (Lipinski definition) is 0. The van der Waals surface area contributed by atoms with Gasteiger partial charge in [0.05, 0.1) is 5.69 Å². The van der Waals surface area contributed by atoms with Crippen molar-refractivity contribution in [1.82, 2.24) is 0 Å². The van der Waals surface area contributed by atoms with Crippen molar-refractivity contribution in [2.75, 3.05) is 0 Å². The number of benzene rings is 2. The Morgan fingerprint density at radius 1 is 0.864 bits per heavy atom. The van der Waals surface area contributed by atoms with Crippen LogP contribution in [0.25, 0.3) is 0 Å². The lowest BCUT2D eigenvalue weighted by Gasteiger charge is -2.13. The molecule has 0 radical (unpaired) electrons. The zero-order valence-corrected chi connectivity index (χ0v) is 13.6. The molecule has 0 spiro atoms. The van der Waals surface area contributed by atoms with Gasteiger partial charge < -0.3 is 0 Å². The van der Waals surface area contributed by atoms with Gasteiger partial charge in [-0.3, -0.25) is 4.99 Å². The van der Waals surface area contributed by atoms with Crippen molar-refractivity contribution in [1.29, 1.82) is 0 Å². The molecule has 1 aliphatic heterocycles. The minimum absolute atomic E-state index is 0.433. The predicted octanol–water partition coefficient (Wildman–Crippen LogP) is 6.11. The number of hydrogen-bond acceptors (Lipinski definition) is 3. The number of thiophene rings is 1. The molecule has 1 aromatic heterocycles. The maximum atomic E-state index is 4.97. The summed E-state index contributed by atoms with van der Waals surface area (Å²) in [5.41, 5.74) is 3.49. The van der Waals surface area contributed by atoms with Crippen LogP contribution in [0.1, 0.15) is 22.1 Å². The molecule has 0 bridgehead atoms. The Bertz CT molecular complexity index is 791. The molecule has 3 heteroatoms. The first-order valence-corrected chi connectivity index (χ1v) is 9.08. The second-order valence-electron chi connectivity index (χ2n) is 5.22. The smallest absolute Gasteiger partial charge is 0.0769 e. The molecule has 4 rings (SSSR count). The van der Waals surface area contributed by atoms with Crippen LogP contribution in [0.5, 0.6) is 0 Å². The van der Waals surface area contributed by atoms with Crippen LogP contribution in [-0.4, -0.2) is 5.71 Å². The van der Waals surface area contributed by atoms with Crippen molar-refractivity contribution in [2.24, 2.45) is 4.99 Å². The van der Waals surface area contributed by atoms with E-state index < -0.39 is 0 Å².